The zero-order chi connectivity index (χ0) is 27.9. The van der Waals surface area contributed by atoms with Crippen LogP contribution in [0.4, 0.5) is 4.79 Å². The van der Waals surface area contributed by atoms with Gasteiger partial charge in [0.25, 0.3) is 20.0 Å². The maximum atomic E-state index is 13.8. The van der Waals surface area contributed by atoms with E-state index in [9.17, 15) is 21.6 Å². The van der Waals surface area contributed by atoms with Gasteiger partial charge in [-0.05, 0) is 49.9 Å². The first-order chi connectivity index (χ1) is 18.5. The second-order valence-corrected chi connectivity index (χ2v) is 13.6. The number of halogens is 1. The van der Waals surface area contributed by atoms with E-state index in [1.54, 1.807) is 48.0 Å². The number of fused-ring (bicyclic) bond motifs is 1. The van der Waals surface area contributed by atoms with E-state index in [-0.39, 0.29) is 14.8 Å². The minimum absolute atomic E-state index is 0.0540. The highest BCUT2D eigenvalue weighted by Gasteiger charge is 2.30. The number of carbonyl (C=O) groups is 1. The molecule has 1 amide bonds. The molecule has 206 valence electrons. The molecule has 2 aromatic heterocycles. The summed E-state index contributed by atoms with van der Waals surface area (Å²) in [5, 5.41) is 9.83. The first-order valence-electron chi connectivity index (χ1n) is 12.6. The Hall–Kier alpha value is -3.28. The van der Waals surface area contributed by atoms with Gasteiger partial charge in [-0.15, -0.1) is 0 Å². The van der Waals surface area contributed by atoms with E-state index >= 15 is 0 Å². The fraction of sp³-hybridized carbons (Fsp3) is 0.296. The number of hydrogen-bond donors (Lipinski definition) is 2. The van der Waals surface area contributed by atoms with Crippen LogP contribution in [0.2, 0.25) is 5.02 Å². The Morgan fingerprint density at radius 2 is 1.67 bits per heavy atom. The first-order valence-corrected chi connectivity index (χ1v) is 15.9. The molecule has 12 heteroatoms. The Kier molecular flexibility index (Phi) is 7.25. The number of aromatic nitrogens is 2. The lowest BCUT2D eigenvalue weighted by Crippen LogP contribution is -2.29. The van der Waals surface area contributed by atoms with Crippen LogP contribution in [0, 0.1) is 12.8 Å². The molecule has 2 N–H and O–H groups in total. The Bertz CT molecular complexity index is 1790. The summed E-state index contributed by atoms with van der Waals surface area (Å²) in [5.74, 6) is 0.312. The number of amides is 1. The van der Waals surface area contributed by atoms with Crippen molar-refractivity contribution in [2.45, 2.75) is 55.4 Å². The predicted molar refractivity (Wildman–Crippen MR) is 149 cm³/mol. The number of nitrogens with one attached hydrogen (secondary N) is 1. The number of nitrogens with zero attached hydrogens (tertiary/aromatic N) is 2. The van der Waals surface area contributed by atoms with Gasteiger partial charge in [-0.1, -0.05) is 61.2 Å². The Morgan fingerprint density at radius 3 is 2.36 bits per heavy atom. The number of para-hydroxylation sites is 1. The molecule has 1 aliphatic carbocycles. The number of carboxylic acid groups (broad SMARTS) is 1. The molecule has 0 bridgehead atoms. The Labute approximate surface area is 232 Å². The SMILES string of the molecule is Cc1c(S(=O)(=O)NC(=O)O)cc(-c2cn(S(=O)(=O)c3ccccc3Cl)c3ccccc23)n1CC1CCCCC1. The Balaban J connectivity index is 1.75. The fourth-order valence-corrected chi connectivity index (χ4v) is 8.43. The summed E-state index contributed by atoms with van der Waals surface area (Å²) in [7, 11) is -8.48. The molecule has 1 aliphatic rings. The van der Waals surface area contributed by atoms with Crippen LogP contribution in [0.3, 0.4) is 0 Å². The summed E-state index contributed by atoms with van der Waals surface area (Å²) < 4.78 is 58.2. The van der Waals surface area contributed by atoms with Gasteiger partial charge >= 0.3 is 6.09 Å². The molecule has 0 saturated heterocycles. The van der Waals surface area contributed by atoms with Gasteiger partial charge in [0, 0.05) is 29.4 Å². The maximum Gasteiger partial charge on any atom is 0.418 e. The second kappa shape index (κ2) is 10.4. The third-order valence-electron chi connectivity index (χ3n) is 7.32. The first kappa shape index (κ1) is 27.3. The van der Waals surface area contributed by atoms with Crippen molar-refractivity contribution in [3.05, 3.63) is 71.5 Å². The fourth-order valence-electron chi connectivity index (χ4n) is 5.46. The molecule has 4 aromatic rings. The normalized spacial score (nSPS) is 15.0. The quantitative estimate of drug-likeness (QED) is 0.278. The third-order valence-corrected chi connectivity index (χ3v) is 10.9. The predicted octanol–water partition coefficient (Wildman–Crippen LogP) is 5.85. The largest absolute Gasteiger partial charge is 0.464 e. The summed E-state index contributed by atoms with van der Waals surface area (Å²) >= 11 is 6.26. The van der Waals surface area contributed by atoms with Crippen LogP contribution in [-0.4, -0.2) is 36.6 Å². The van der Waals surface area contributed by atoms with Gasteiger partial charge in [-0.3, -0.25) is 0 Å². The van der Waals surface area contributed by atoms with E-state index < -0.39 is 26.1 Å². The lowest BCUT2D eigenvalue weighted by atomic mass is 9.89. The molecule has 9 nitrogen and oxygen atoms in total. The van der Waals surface area contributed by atoms with Crippen molar-refractivity contribution in [3.8, 4) is 11.3 Å². The summed E-state index contributed by atoms with van der Waals surface area (Å²) in [6, 6.07) is 14.6. The summed E-state index contributed by atoms with van der Waals surface area (Å²) in [6.07, 6.45) is 5.12. The van der Waals surface area contributed by atoms with Gasteiger partial charge in [0.15, 0.2) is 0 Å². The van der Waals surface area contributed by atoms with Crippen molar-refractivity contribution in [2.24, 2.45) is 5.92 Å². The van der Waals surface area contributed by atoms with Crippen molar-refractivity contribution < 1.29 is 26.7 Å². The minimum Gasteiger partial charge on any atom is -0.464 e. The number of rotatable bonds is 7. The number of hydrogen-bond acceptors (Lipinski definition) is 5. The smallest absolute Gasteiger partial charge is 0.418 e. The van der Waals surface area contributed by atoms with Crippen LogP contribution in [-0.2, 0) is 26.6 Å². The van der Waals surface area contributed by atoms with Crippen LogP contribution in [0.15, 0.2) is 70.6 Å². The zero-order valence-electron chi connectivity index (χ0n) is 21.2. The molecular formula is C27H28ClN3O6S2. The highest BCUT2D eigenvalue weighted by Crippen LogP contribution is 2.38. The van der Waals surface area contributed by atoms with Crippen LogP contribution < -0.4 is 4.72 Å². The van der Waals surface area contributed by atoms with Gasteiger partial charge < -0.3 is 9.67 Å². The highest BCUT2D eigenvalue weighted by atomic mass is 35.5. The van der Waals surface area contributed by atoms with E-state index in [2.05, 4.69) is 0 Å². The summed E-state index contributed by atoms with van der Waals surface area (Å²) in [6.45, 7) is 2.17. The molecule has 2 heterocycles. The zero-order valence-corrected chi connectivity index (χ0v) is 23.6. The van der Waals surface area contributed by atoms with E-state index in [1.807, 2.05) is 4.57 Å². The van der Waals surface area contributed by atoms with E-state index in [0.717, 1.165) is 36.1 Å². The Morgan fingerprint density at radius 1 is 1.00 bits per heavy atom. The molecular weight excluding hydrogens is 562 g/mol. The van der Waals surface area contributed by atoms with Gasteiger partial charge in [-0.2, -0.15) is 0 Å². The van der Waals surface area contributed by atoms with Crippen LogP contribution in [0.25, 0.3) is 22.2 Å². The van der Waals surface area contributed by atoms with Gasteiger partial charge in [0.1, 0.15) is 9.79 Å². The maximum absolute atomic E-state index is 13.8. The van der Waals surface area contributed by atoms with Crippen LogP contribution in [0.1, 0.15) is 37.8 Å². The molecule has 0 aliphatic heterocycles. The van der Waals surface area contributed by atoms with Crippen molar-refractivity contribution >= 4 is 48.6 Å². The summed E-state index contributed by atoms with van der Waals surface area (Å²) in [4.78, 5) is 11.0. The van der Waals surface area contributed by atoms with Crippen LogP contribution >= 0.6 is 11.6 Å². The van der Waals surface area contributed by atoms with Gasteiger partial charge in [0.2, 0.25) is 0 Å². The molecule has 0 unspecified atom stereocenters. The van der Waals surface area contributed by atoms with Gasteiger partial charge in [0.05, 0.1) is 16.2 Å². The van der Waals surface area contributed by atoms with Crippen molar-refractivity contribution in [3.63, 3.8) is 0 Å². The monoisotopic (exact) mass is 589 g/mol. The third kappa shape index (κ3) is 5.06. The molecule has 1 saturated carbocycles. The van der Waals surface area contributed by atoms with Crippen molar-refractivity contribution in [1.29, 1.82) is 0 Å². The molecule has 2 aromatic carbocycles. The van der Waals surface area contributed by atoms with Gasteiger partial charge in [-0.25, -0.2) is 30.3 Å². The van der Waals surface area contributed by atoms with Crippen molar-refractivity contribution in [2.75, 3.05) is 0 Å². The standard InChI is InChI=1S/C27H28ClN3O6S2/c1-18-26(38(34,35)29-27(32)33)15-24(30(18)16-19-9-3-2-4-10-19)21-17-31(23-13-7-5-11-20(21)23)39(36,37)25-14-8-6-12-22(25)28/h5-8,11-15,17,19,29H,2-4,9-10,16H2,1H3,(H,32,33). The average Bonchev–Trinajstić information content (AvgIpc) is 3.43. The molecule has 0 spiro atoms. The topological polar surface area (TPSA) is 127 Å². The van der Waals surface area contributed by atoms with E-state index in [4.69, 9.17) is 16.7 Å². The second-order valence-electron chi connectivity index (χ2n) is 9.80. The molecule has 0 atom stereocenters. The van der Waals surface area contributed by atoms with E-state index in [0.29, 0.717) is 40.3 Å². The summed E-state index contributed by atoms with van der Waals surface area (Å²) in [5.41, 5.74) is 1.80. The highest BCUT2D eigenvalue weighted by molar-refractivity contribution is 7.90. The molecule has 0 radical (unpaired) electrons. The van der Waals surface area contributed by atoms with Crippen molar-refractivity contribution in [1.82, 2.24) is 13.3 Å². The number of sulfonamides is 1. The number of benzene rings is 2. The lowest BCUT2D eigenvalue weighted by Gasteiger charge is -2.24. The lowest BCUT2D eigenvalue weighted by molar-refractivity contribution is 0.201. The molecule has 5 rings (SSSR count). The average molecular weight is 590 g/mol. The molecule has 39 heavy (non-hydrogen) atoms. The minimum atomic E-state index is -4.38. The van der Waals surface area contributed by atoms with E-state index in [1.165, 1.54) is 24.4 Å². The molecule has 1 fully saturated rings. The van der Waals surface area contributed by atoms with Crippen LogP contribution in [0.5, 0.6) is 0 Å².